The highest BCUT2D eigenvalue weighted by molar-refractivity contribution is 7.26. The van der Waals surface area contributed by atoms with Crippen LogP contribution in [-0.4, -0.2) is 4.57 Å². The van der Waals surface area contributed by atoms with Gasteiger partial charge in [0.2, 0.25) is 0 Å². The van der Waals surface area contributed by atoms with Crippen LogP contribution in [-0.2, 0) is 0 Å². The van der Waals surface area contributed by atoms with Crippen LogP contribution in [0.15, 0.2) is 206 Å². The molecule has 0 aliphatic heterocycles. The van der Waals surface area contributed by atoms with Crippen LogP contribution in [0.3, 0.4) is 0 Å². The van der Waals surface area contributed by atoms with Gasteiger partial charge in [-0.3, -0.25) is 0 Å². The Labute approximate surface area is 323 Å². The van der Waals surface area contributed by atoms with Gasteiger partial charge in [-0.2, -0.15) is 0 Å². The summed E-state index contributed by atoms with van der Waals surface area (Å²) in [7, 11) is 0. The van der Waals surface area contributed by atoms with Gasteiger partial charge < -0.3 is 9.47 Å². The molecule has 55 heavy (non-hydrogen) atoms. The van der Waals surface area contributed by atoms with E-state index in [1.165, 1.54) is 75.0 Å². The van der Waals surface area contributed by atoms with Crippen LogP contribution in [0.4, 0.5) is 17.1 Å². The summed E-state index contributed by atoms with van der Waals surface area (Å²) in [5.41, 5.74) is 11.7. The van der Waals surface area contributed by atoms with Crippen LogP contribution in [0, 0.1) is 0 Å². The quantitative estimate of drug-likeness (QED) is 0.166. The van der Waals surface area contributed by atoms with Crippen LogP contribution in [0.2, 0.25) is 0 Å². The van der Waals surface area contributed by atoms with Crippen molar-refractivity contribution >= 4 is 81.1 Å². The van der Waals surface area contributed by atoms with Gasteiger partial charge in [-0.05, 0) is 93.7 Å². The Morgan fingerprint density at radius 1 is 0.345 bits per heavy atom. The Bertz CT molecular complexity index is 3180. The van der Waals surface area contributed by atoms with Gasteiger partial charge in [-0.25, -0.2) is 0 Å². The molecule has 0 aliphatic carbocycles. The first-order valence-corrected chi connectivity index (χ1v) is 19.6. The lowest BCUT2D eigenvalue weighted by molar-refractivity contribution is 1.18. The van der Waals surface area contributed by atoms with Gasteiger partial charge in [-0.1, -0.05) is 146 Å². The summed E-state index contributed by atoms with van der Waals surface area (Å²) < 4.78 is 5.06. The second-order valence-corrected chi connectivity index (χ2v) is 15.2. The maximum absolute atomic E-state index is 2.39. The molecule has 258 valence electrons. The van der Waals surface area contributed by atoms with Crippen LogP contribution < -0.4 is 4.90 Å². The molecule has 3 heteroatoms. The summed E-state index contributed by atoms with van der Waals surface area (Å²) in [5, 5.41) is 7.75. The van der Waals surface area contributed by atoms with E-state index in [4.69, 9.17) is 0 Å². The Morgan fingerprint density at radius 3 is 1.65 bits per heavy atom. The van der Waals surface area contributed by atoms with Crippen molar-refractivity contribution in [1.82, 2.24) is 4.57 Å². The highest BCUT2D eigenvalue weighted by Crippen LogP contribution is 2.43. The molecule has 0 fully saturated rings. The largest absolute Gasteiger partial charge is 0.310 e. The van der Waals surface area contributed by atoms with Gasteiger partial charge >= 0.3 is 0 Å². The van der Waals surface area contributed by atoms with Crippen molar-refractivity contribution < 1.29 is 0 Å². The third kappa shape index (κ3) is 5.32. The summed E-state index contributed by atoms with van der Waals surface area (Å²) in [6.07, 6.45) is 0. The molecule has 9 aromatic carbocycles. The number of rotatable bonds is 6. The maximum atomic E-state index is 2.39. The standard InChI is InChI=1S/C52H34N2S/c1-3-11-35(12-4-1)36-19-25-41(26-20-36)53(43-29-32-46-45-17-9-10-18-49(45)54(50(46)34-43)40-14-5-2-6-15-40)42-27-21-37(22-28-42)39-24-30-47-48-31-23-38-13-7-8-16-44(38)52(48)55-51(47)33-39/h1-34H. The number of hydrogen-bond acceptors (Lipinski definition) is 2. The fraction of sp³-hybridized carbons (Fsp3) is 0. The molecule has 0 radical (unpaired) electrons. The van der Waals surface area contributed by atoms with E-state index in [2.05, 4.69) is 216 Å². The first-order valence-electron chi connectivity index (χ1n) is 18.8. The molecule has 0 saturated carbocycles. The predicted octanol–water partition coefficient (Wildman–Crippen LogP) is 15.1. The van der Waals surface area contributed by atoms with Gasteiger partial charge in [0.05, 0.1) is 11.0 Å². The number of thiophene rings is 1. The number of aromatic nitrogens is 1. The van der Waals surface area contributed by atoms with E-state index in [-0.39, 0.29) is 0 Å². The fourth-order valence-electron chi connectivity index (χ4n) is 8.32. The van der Waals surface area contributed by atoms with Crippen molar-refractivity contribution in [2.24, 2.45) is 0 Å². The SMILES string of the molecule is c1ccc(-c2ccc(N(c3ccc(-c4ccc5c(c4)sc4c6ccccc6ccc54)cc3)c3ccc4c5ccccc5n(-c5ccccc5)c4c3)cc2)cc1. The molecule has 11 rings (SSSR count). The predicted molar refractivity (Wildman–Crippen MR) is 237 cm³/mol. The van der Waals surface area contributed by atoms with Gasteiger partial charge in [0.25, 0.3) is 0 Å². The van der Waals surface area contributed by atoms with E-state index in [1.807, 2.05) is 11.3 Å². The Kier molecular flexibility index (Phi) is 7.39. The molecule has 0 atom stereocenters. The van der Waals surface area contributed by atoms with E-state index in [0.717, 1.165) is 22.7 Å². The Hall–Kier alpha value is -6.94. The first kappa shape index (κ1) is 31.6. The molecule has 2 aromatic heterocycles. The minimum Gasteiger partial charge on any atom is -0.310 e. The normalized spacial score (nSPS) is 11.6. The number of benzene rings is 9. The van der Waals surface area contributed by atoms with Crippen LogP contribution in [0.1, 0.15) is 0 Å². The second-order valence-electron chi connectivity index (χ2n) is 14.2. The van der Waals surface area contributed by atoms with Crippen molar-refractivity contribution in [1.29, 1.82) is 0 Å². The molecule has 0 unspecified atom stereocenters. The lowest BCUT2D eigenvalue weighted by Gasteiger charge is -2.26. The summed E-state index contributed by atoms with van der Waals surface area (Å²) in [4.78, 5) is 2.38. The number of nitrogens with zero attached hydrogens (tertiary/aromatic N) is 2. The summed E-state index contributed by atoms with van der Waals surface area (Å²) in [6.45, 7) is 0. The van der Waals surface area contributed by atoms with E-state index >= 15 is 0 Å². The second kappa shape index (κ2) is 12.9. The third-order valence-electron chi connectivity index (χ3n) is 11.0. The van der Waals surface area contributed by atoms with E-state index in [9.17, 15) is 0 Å². The lowest BCUT2D eigenvalue weighted by Crippen LogP contribution is -2.10. The van der Waals surface area contributed by atoms with Crippen LogP contribution in [0.25, 0.3) is 80.7 Å². The molecular formula is C52H34N2S. The monoisotopic (exact) mass is 718 g/mol. The first-order chi connectivity index (χ1) is 27.3. The molecule has 0 bridgehead atoms. The van der Waals surface area contributed by atoms with Crippen molar-refractivity contribution in [3.8, 4) is 27.9 Å². The Morgan fingerprint density at radius 2 is 0.891 bits per heavy atom. The Balaban J connectivity index is 1.04. The molecule has 0 N–H and O–H groups in total. The van der Waals surface area contributed by atoms with Gasteiger partial charge in [0.15, 0.2) is 0 Å². The number of anilines is 3. The average Bonchev–Trinajstić information content (AvgIpc) is 3.80. The fourth-order valence-corrected chi connectivity index (χ4v) is 9.60. The number of hydrogen-bond donors (Lipinski definition) is 0. The minimum absolute atomic E-state index is 1.10. The van der Waals surface area contributed by atoms with Crippen molar-refractivity contribution in [3.63, 3.8) is 0 Å². The summed E-state index contributed by atoms with van der Waals surface area (Å²) >= 11 is 1.89. The average molecular weight is 719 g/mol. The molecule has 11 aromatic rings. The zero-order valence-corrected chi connectivity index (χ0v) is 30.7. The van der Waals surface area contributed by atoms with Crippen LogP contribution in [0.5, 0.6) is 0 Å². The summed E-state index contributed by atoms with van der Waals surface area (Å²) in [5.74, 6) is 0. The topological polar surface area (TPSA) is 8.17 Å². The molecule has 2 heterocycles. The van der Waals surface area contributed by atoms with E-state index in [0.29, 0.717) is 0 Å². The van der Waals surface area contributed by atoms with Crippen molar-refractivity contribution in [2.45, 2.75) is 0 Å². The minimum atomic E-state index is 1.10. The smallest absolute Gasteiger partial charge is 0.0561 e. The molecule has 2 nitrogen and oxygen atoms in total. The zero-order chi connectivity index (χ0) is 36.3. The van der Waals surface area contributed by atoms with Crippen LogP contribution >= 0.6 is 11.3 Å². The third-order valence-corrected chi connectivity index (χ3v) is 12.2. The highest BCUT2D eigenvalue weighted by Gasteiger charge is 2.18. The van der Waals surface area contributed by atoms with E-state index in [1.54, 1.807) is 0 Å². The van der Waals surface area contributed by atoms with E-state index < -0.39 is 0 Å². The molecule has 0 amide bonds. The molecule has 0 spiro atoms. The number of fused-ring (bicyclic) bond motifs is 8. The zero-order valence-electron chi connectivity index (χ0n) is 29.9. The molecular weight excluding hydrogens is 685 g/mol. The van der Waals surface area contributed by atoms with Gasteiger partial charge in [-0.15, -0.1) is 11.3 Å². The summed E-state index contributed by atoms with van der Waals surface area (Å²) in [6, 6.07) is 75.1. The maximum Gasteiger partial charge on any atom is 0.0561 e. The lowest BCUT2D eigenvalue weighted by atomic mass is 10.0. The van der Waals surface area contributed by atoms with Gasteiger partial charge in [0, 0.05) is 53.7 Å². The van der Waals surface area contributed by atoms with Crippen molar-refractivity contribution in [2.75, 3.05) is 4.90 Å². The highest BCUT2D eigenvalue weighted by atomic mass is 32.1. The number of para-hydroxylation sites is 2. The molecule has 0 saturated heterocycles. The van der Waals surface area contributed by atoms with Crippen molar-refractivity contribution in [3.05, 3.63) is 206 Å². The van der Waals surface area contributed by atoms with Gasteiger partial charge in [0.1, 0.15) is 0 Å². The molecule has 0 aliphatic rings.